The van der Waals surface area contributed by atoms with E-state index in [4.69, 9.17) is 14.2 Å². The van der Waals surface area contributed by atoms with Crippen molar-refractivity contribution in [2.75, 3.05) is 13.2 Å². The van der Waals surface area contributed by atoms with Crippen LogP contribution in [0.25, 0.3) is 0 Å². The molecule has 0 aliphatic carbocycles. The lowest BCUT2D eigenvalue weighted by atomic mass is 10.0. The maximum atomic E-state index is 12.9. The van der Waals surface area contributed by atoms with Gasteiger partial charge < -0.3 is 14.2 Å². The third-order valence-electron chi connectivity index (χ3n) is 13.6. The zero-order valence-corrected chi connectivity index (χ0v) is 49.3. The van der Waals surface area contributed by atoms with Gasteiger partial charge in [-0.05, 0) is 96.3 Å². The van der Waals surface area contributed by atoms with E-state index in [0.717, 1.165) is 89.9 Å². The van der Waals surface area contributed by atoms with E-state index in [9.17, 15) is 14.4 Å². The number of allylic oxidation sites excluding steroid dienone is 16. The van der Waals surface area contributed by atoms with E-state index in [-0.39, 0.29) is 37.5 Å². The molecule has 1 atom stereocenters. The van der Waals surface area contributed by atoms with Gasteiger partial charge in [0.2, 0.25) is 0 Å². The van der Waals surface area contributed by atoms with Crippen LogP contribution in [0.3, 0.4) is 0 Å². The Hall–Kier alpha value is -3.67. The summed E-state index contributed by atoms with van der Waals surface area (Å²) in [7, 11) is 0. The maximum absolute atomic E-state index is 12.9. The molecule has 0 radical (unpaired) electrons. The van der Waals surface area contributed by atoms with E-state index in [1.807, 2.05) is 0 Å². The van der Waals surface area contributed by atoms with Gasteiger partial charge in [-0.1, -0.05) is 285 Å². The molecule has 0 aromatic heterocycles. The van der Waals surface area contributed by atoms with E-state index in [0.29, 0.717) is 19.3 Å². The highest BCUT2D eigenvalue weighted by molar-refractivity contribution is 5.71. The molecule has 0 aliphatic heterocycles. The molecular weight excluding hydrogens is 925 g/mol. The fraction of sp³-hybridized carbons (Fsp3) is 0.725. The van der Waals surface area contributed by atoms with Crippen LogP contribution in [0.5, 0.6) is 0 Å². The van der Waals surface area contributed by atoms with Gasteiger partial charge in [-0.25, -0.2) is 0 Å². The van der Waals surface area contributed by atoms with Crippen LogP contribution in [0.15, 0.2) is 97.2 Å². The van der Waals surface area contributed by atoms with Gasteiger partial charge >= 0.3 is 17.9 Å². The average molecular weight is 1040 g/mol. The minimum atomic E-state index is -0.801. The normalized spacial score (nSPS) is 12.7. The summed E-state index contributed by atoms with van der Waals surface area (Å²) in [6.07, 6.45) is 84.2. The van der Waals surface area contributed by atoms with Gasteiger partial charge in [-0.15, -0.1) is 0 Å². The lowest BCUT2D eigenvalue weighted by Gasteiger charge is -2.18. The molecule has 0 N–H and O–H groups in total. The minimum absolute atomic E-state index is 0.0936. The van der Waals surface area contributed by atoms with Crippen LogP contribution in [0, 0.1) is 0 Å². The Morgan fingerprint density at radius 2 is 0.533 bits per heavy atom. The summed E-state index contributed by atoms with van der Waals surface area (Å²) in [5.41, 5.74) is 0. The molecule has 0 aliphatic rings. The number of hydrogen-bond donors (Lipinski definition) is 0. The molecule has 0 amide bonds. The minimum Gasteiger partial charge on any atom is -0.462 e. The van der Waals surface area contributed by atoms with Crippen LogP contribution >= 0.6 is 0 Å². The first-order chi connectivity index (χ1) is 37.0. The largest absolute Gasteiger partial charge is 0.462 e. The lowest BCUT2D eigenvalue weighted by Crippen LogP contribution is -2.30. The second-order valence-electron chi connectivity index (χ2n) is 20.9. The SMILES string of the molecule is CC/C=C\C/C=C\C/C=C\C/C=C\C/C=C\C/C=C\C/C=C\CCCC(=O)OCC(COC(=O)CCCCCCCCCCCCC)OC(=O)CCCCCCCCCCCCC/C=C\CCCCCCCCCC. The molecule has 0 saturated heterocycles. The zero-order valence-electron chi connectivity index (χ0n) is 49.3. The number of unbranched alkanes of at least 4 members (excludes halogenated alkanes) is 30. The molecule has 0 saturated carbocycles. The summed E-state index contributed by atoms with van der Waals surface area (Å²) in [4.78, 5) is 38.2. The second-order valence-corrected chi connectivity index (χ2v) is 20.9. The third-order valence-corrected chi connectivity index (χ3v) is 13.6. The summed E-state index contributed by atoms with van der Waals surface area (Å²) in [5, 5.41) is 0. The van der Waals surface area contributed by atoms with Crippen LogP contribution in [0.2, 0.25) is 0 Å². The number of hydrogen-bond acceptors (Lipinski definition) is 6. The number of carbonyl (C=O) groups excluding carboxylic acids is 3. The molecule has 75 heavy (non-hydrogen) atoms. The van der Waals surface area contributed by atoms with Crippen molar-refractivity contribution in [3.05, 3.63) is 97.2 Å². The molecule has 6 heteroatoms. The van der Waals surface area contributed by atoms with Gasteiger partial charge in [0.1, 0.15) is 13.2 Å². The number of carbonyl (C=O) groups is 3. The Labute approximate surface area is 464 Å². The third kappa shape index (κ3) is 61.1. The van der Waals surface area contributed by atoms with Crippen LogP contribution in [-0.2, 0) is 28.6 Å². The van der Waals surface area contributed by atoms with Crippen molar-refractivity contribution in [2.24, 2.45) is 0 Å². The van der Waals surface area contributed by atoms with E-state index in [1.165, 1.54) is 167 Å². The fourth-order valence-electron chi connectivity index (χ4n) is 8.84. The number of rotatable bonds is 57. The van der Waals surface area contributed by atoms with Crippen molar-refractivity contribution in [2.45, 2.75) is 309 Å². The van der Waals surface area contributed by atoms with Gasteiger partial charge in [0.25, 0.3) is 0 Å². The first-order valence-electron chi connectivity index (χ1n) is 31.7. The highest BCUT2D eigenvalue weighted by atomic mass is 16.6. The Kier molecular flexibility index (Phi) is 59.8. The maximum Gasteiger partial charge on any atom is 0.306 e. The molecule has 0 aromatic carbocycles. The predicted octanol–water partition coefficient (Wildman–Crippen LogP) is 21.7. The molecule has 6 nitrogen and oxygen atoms in total. The predicted molar refractivity (Wildman–Crippen MR) is 325 cm³/mol. The quantitative estimate of drug-likeness (QED) is 0.0261. The topological polar surface area (TPSA) is 78.9 Å². The van der Waals surface area contributed by atoms with E-state index in [1.54, 1.807) is 0 Å². The zero-order chi connectivity index (χ0) is 54.3. The van der Waals surface area contributed by atoms with Crippen molar-refractivity contribution >= 4 is 17.9 Å². The van der Waals surface area contributed by atoms with Gasteiger partial charge in [0, 0.05) is 19.3 Å². The Morgan fingerprint density at radius 1 is 0.280 bits per heavy atom. The fourth-order valence-corrected chi connectivity index (χ4v) is 8.84. The molecule has 0 aromatic rings. The van der Waals surface area contributed by atoms with Crippen LogP contribution in [0.1, 0.15) is 303 Å². The molecular formula is C69H118O6. The average Bonchev–Trinajstić information content (AvgIpc) is 3.41. The molecule has 0 heterocycles. The molecule has 1 unspecified atom stereocenters. The van der Waals surface area contributed by atoms with E-state index >= 15 is 0 Å². The lowest BCUT2D eigenvalue weighted by molar-refractivity contribution is -0.167. The first kappa shape index (κ1) is 71.3. The van der Waals surface area contributed by atoms with Gasteiger partial charge in [-0.3, -0.25) is 14.4 Å². The molecule has 0 fully saturated rings. The van der Waals surface area contributed by atoms with Crippen molar-refractivity contribution in [1.29, 1.82) is 0 Å². The standard InChI is InChI=1S/C69H118O6/c1-4-7-10-13-16-19-22-24-26-28-30-32-34-36-38-40-42-44-47-50-53-56-59-62-68(71)74-65-66(64-73-67(70)61-58-55-52-49-46-21-18-15-12-9-6-3)75-69(72)63-60-57-54-51-48-45-43-41-39-37-35-33-31-29-27-25-23-20-17-14-11-8-5-2/h7,10,16,19,24,26,29-32,36,38,42,44,50,53,66H,4-6,8-9,11-15,17-18,20-23,25,27-28,33-35,37,39-41,43,45-49,51-52,54-65H2,1-3H3/b10-7-,19-16-,26-24-,31-29-,32-30-,38-36-,44-42-,53-50-. The van der Waals surface area contributed by atoms with Crippen molar-refractivity contribution in [3.63, 3.8) is 0 Å². The molecule has 0 rings (SSSR count). The van der Waals surface area contributed by atoms with Crippen LogP contribution in [0.4, 0.5) is 0 Å². The number of esters is 3. The van der Waals surface area contributed by atoms with Gasteiger partial charge in [0.05, 0.1) is 0 Å². The van der Waals surface area contributed by atoms with Crippen LogP contribution in [-0.4, -0.2) is 37.2 Å². The van der Waals surface area contributed by atoms with Crippen molar-refractivity contribution in [1.82, 2.24) is 0 Å². The monoisotopic (exact) mass is 1040 g/mol. The summed E-state index contributed by atoms with van der Waals surface area (Å²) in [6.45, 7) is 6.49. The highest BCUT2D eigenvalue weighted by Crippen LogP contribution is 2.16. The Bertz CT molecular complexity index is 1480. The smallest absolute Gasteiger partial charge is 0.306 e. The summed E-state index contributed by atoms with van der Waals surface area (Å²) < 4.78 is 16.9. The molecule has 430 valence electrons. The van der Waals surface area contributed by atoms with Gasteiger partial charge in [-0.2, -0.15) is 0 Å². The van der Waals surface area contributed by atoms with E-state index in [2.05, 4.69) is 118 Å². The number of ether oxygens (including phenoxy) is 3. The summed E-state index contributed by atoms with van der Waals surface area (Å²) in [5.74, 6) is -0.948. The molecule has 0 spiro atoms. The summed E-state index contributed by atoms with van der Waals surface area (Å²) >= 11 is 0. The van der Waals surface area contributed by atoms with Gasteiger partial charge in [0.15, 0.2) is 6.10 Å². The first-order valence-corrected chi connectivity index (χ1v) is 31.7. The summed E-state index contributed by atoms with van der Waals surface area (Å²) in [6, 6.07) is 0. The second kappa shape index (κ2) is 62.9. The molecule has 0 bridgehead atoms. The van der Waals surface area contributed by atoms with E-state index < -0.39 is 6.10 Å². The van der Waals surface area contributed by atoms with Crippen LogP contribution < -0.4 is 0 Å². The van der Waals surface area contributed by atoms with Crippen molar-refractivity contribution < 1.29 is 28.6 Å². The Morgan fingerprint density at radius 3 is 0.880 bits per heavy atom. The highest BCUT2D eigenvalue weighted by Gasteiger charge is 2.19. The van der Waals surface area contributed by atoms with Crippen molar-refractivity contribution in [3.8, 4) is 0 Å². The Balaban J connectivity index is 4.38.